The van der Waals surface area contributed by atoms with E-state index < -0.39 is 11.3 Å². The molecule has 0 atom stereocenters. The molecule has 4 N–H and O–H groups in total. The van der Waals surface area contributed by atoms with E-state index in [0.717, 1.165) is 0 Å². The molecule has 0 aliphatic carbocycles. The smallest absolute Gasteiger partial charge is 0.265 e. The number of nitrogens with one attached hydrogen (secondary N) is 1. The van der Waals surface area contributed by atoms with Gasteiger partial charge in [-0.3, -0.25) is 9.59 Å². The quantitative estimate of drug-likeness (QED) is 0.492. The van der Waals surface area contributed by atoms with Gasteiger partial charge in [0.15, 0.2) is 5.78 Å². The second-order valence-corrected chi connectivity index (χ2v) is 5.87. The maximum absolute atomic E-state index is 12.6. The largest absolute Gasteiger partial charge is 0.506 e. The van der Waals surface area contributed by atoms with Gasteiger partial charge in [0.1, 0.15) is 22.9 Å². The van der Waals surface area contributed by atoms with Crippen molar-refractivity contribution in [3.63, 3.8) is 0 Å². The highest BCUT2D eigenvalue weighted by molar-refractivity contribution is 6.09. The van der Waals surface area contributed by atoms with Crippen LogP contribution in [0.5, 0.6) is 5.75 Å². The Bertz CT molecular complexity index is 1100. The zero-order valence-corrected chi connectivity index (χ0v) is 14.4. The average molecular weight is 350 g/mol. The number of nitrogens with zero attached hydrogens (tertiary/aromatic N) is 2. The predicted octanol–water partition coefficient (Wildman–Crippen LogP) is 2.42. The molecule has 0 radical (unpaired) electrons. The lowest BCUT2D eigenvalue weighted by Gasteiger charge is -2.10. The fourth-order valence-electron chi connectivity index (χ4n) is 2.73. The Morgan fingerprint density at radius 1 is 1.23 bits per heavy atom. The molecule has 2 aromatic heterocycles. The number of pyridine rings is 2. The first-order chi connectivity index (χ1) is 12.4. The molecule has 3 aromatic rings. The van der Waals surface area contributed by atoms with Gasteiger partial charge in [-0.25, -0.2) is 4.98 Å². The normalized spacial score (nSPS) is 11.5. The first-order valence-electron chi connectivity index (χ1n) is 7.91. The highest BCUT2D eigenvalue weighted by atomic mass is 16.3. The third-order valence-corrected chi connectivity index (χ3v) is 3.97. The van der Waals surface area contributed by atoms with Gasteiger partial charge in [-0.2, -0.15) is 0 Å². The van der Waals surface area contributed by atoms with Crippen molar-refractivity contribution < 1.29 is 9.90 Å². The van der Waals surface area contributed by atoms with E-state index in [0.29, 0.717) is 28.2 Å². The van der Waals surface area contributed by atoms with E-state index in [2.05, 4.69) is 10.3 Å². The van der Waals surface area contributed by atoms with Gasteiger partial charge in [0.25, 0.3) is 5.56 Å². The van der Waals surface area contributed by atoms with Gasteiger partial charge in [-0.15, -0.1) is 0 Å². The molecule has 0 aliphatic heterocycles. The topological polar surface area (TPSA) is 110 Å². The van der Waals surface area contributed by atoms with Gasteiger partial charge in [-0.05, 0) is 31.2 Å². The van der Waals surface area contributed by atoms with E-state index in [4.69, 9.17) is 5.73 Å². The van der Waals surface area contributed by atoms with Gasteiger partial charge in [0.2, 0.25) is 0 Å². The Morgan fingerprint density at radius 2 is 1.96 bits per heavy atom. The molecule has 0 fully saturated rings. The third-order valence-electron chi connectivity index (χ3n) is 3.97. The summed E-state index contributed by atoms with van der Waals surface area (Å²) in [4.78, 5) is 29.2. The third kappa shape index (κ3) is 3.14. The van der Waals surface area contributed by atoms with Gasteiger partial charge in [-0.1, -0.05) is 18.2 Å². The molecule has 26 heavy (non-hydrogen) atoms. The van der Waals surface area contributed by atoms with Crippen LogP contribution in [0.25, 0.3) is 10.9 Å². The lowest BCUT2D eigenvalue weighted by atomic mass is 10.1. The van der Waals surface area contributed by atoms with Crippen molar-refractivity contribution in [3.8, 4) is 5.75 Å². The van der Waals surface area contributed by atoms with Crippen molar-refractivity contribution in [1.29, 1.82) is 0 Å². The Hall–Kier alpha value is -3.61. The minimum atomic E-state index is -0.595. The van der Waals surface area contributed by atoms with Crippen molar-refractivity contribution in [3.05, 3.63) is 70.2 Å². The van der Waals surface area contributed by atoms with E-state index in [1.807, 2.05) is 0 Å². The van der Waals surface area contributed by atoms with Crippen LogP contribution in [0.4, 0.5) is 11.6 Å². The minimum absolute atomic E-state index is 0.270. The van der Waals surface area contributed by atoms with Crippen LogP contribution in [0.2, 0.25) is 0 Å². The van der Waals surface area contributed by atoms with Crippen molar-refractivity contribution in [2.24, 2.45) is 7.05 Å². The number of aromatic nitrogens is 2. The molecule has 0 saturated heterocycles. The summed E-state index contributed by atoms with van der Waals surface area (Å²) in [5.74, 6) is -0.0973. The maximum Gasteiger partial charge on any atom is 0.265 e. The number of hydrogen-bond acceptors (Lipinski definition) is 6. The number of fused-ring (bicyclic) bond motifs is 1. The zero-order valence-electron chi connectivity index (χ0n) is 14.4. The summed E-state index contributed by atoms with van der Waals surface area (Å²) in [7, 11) is 1.56. The fourth-order valence-corrected chi connectivity index (χ4v) is 2.73. The number of carbonyl (C=O) groups is 1. The zero-order chi connectivity index (χ0) is 18.8. The number of allylic oxidation sites excluding steroid dienone is 2. The standard InChI is InChI=1S/C19H18N4O3/c1-11(21-16-9-5-8-15(20)22-16)10-14(24)17-18(25)12-6-3-4-7-13(12)23(2)19(17)26/h3-10,25H,1-2H3,(H3,20,21,22)/b11-10+. The molecule has 3 rings (SSSR count). The van der Waals surface area contributed by atoms with Gasteiger partial charge < -0.3 is 20.7 Å². The average Bonchev–Trinajstić information content (AvgIpc) is 2.60. The van der Waals surface area contributed by atoms with Crippen LogP contribution in [0.15, 0.2) is 59.0 Å². The lowest BCUT2D eigenvalue weighted by molar-refractivity contribution is 0.104. The summed E-state index contributed by atoms with van der Waals surface area (Å²) in [6, 6.07) is 11.9. The molecule has 0 spiro atoms. The van der Waals surface area contributed by atoms with Crippen molar-refractivity contribution >= 4 is 28.3 Å². The summed E-state index contributed by atoms with van der Waals surface area (Å²) in [5.41, 5.74) is 5.80. The number of para-hydroxylation sites is 1. The van der Waals surface area contributed by atoms with E-state index in [1.165, 1.54) is 10.6 Å². The molecule has 0 amide bonds. The molecule has 7 nitrogen and oxygen atoms in total. The molecule has 132 valence electrons. The van der Waals surface area contributed by atoms with E-state index >= 15 is 0 Å². The number of nitrogen functional groups attached to an aromatic ring is 1. The van der Waals surface area contributed by atoms with Crippen molar-refractivity contribution in [2.75, 3.05) is 11.1 Å². The Morgan fingerprint density at radius 3 is 2.69 bits per heavy atom. The predicted molar refractivity (Wildman–Crippen MR) is 101 cm³/mol. The number of ketones is 1. The molecule has 0 aliphatic rings. The highest BCUT2D eigenvalue weighted by Crippen LogP contribution is 2.26. The molecular formula is C19H18N4O3. The second kappa shape index (κ2) is 6.72. The number of rotatable bonds is 4. The molecular weight excluding hydrogens is 332 g/mol. The monoisotopic (exact) mass is 350 g/mol. The van der Waals surface area contributed by atoms with E-state index in [9.17, 15) is 14.7 Å². The van der Waals surface area contributed by atoms with Gasteiger partial charge in [0.05, 0.1) is 5.52 Å². The number of anilines is 2. The van der Waals surface area contributed by atoms with Gasteiger partial charge >= 0.3 is 0 Å². The van der Waals surface area contributed by atoms with Crippen molar-refractivity contribution in [1.82, 2.24) is 9.55 Å². The van der Waals surface area contributed by atoms with E-state index in [-0.39, 0.29) is 11.3 Å². The first-order valence-corrected chi connectivity index (χ1v) is 7.91. The van der Waals surface area contributed by atoms with Crippen LogP contribution in [-0.4, -0.2) is 20.4 Å². The number of carbonyl (C=O) groups excluding carboxylic acids is 1. The lowest BCUT2D eigenvalue weighted by Crippen LogP contribution is -2.24. The van der Waals surface area contributed by atoms with Crippen LogP contribution in [0.3, 0.4) is 0 Å². The van der Waals surface area contributed by atoms with Crippen LogP contribution in [0.1, 0.15) is 17.3 Å². The molecule has 2 heterocycles. The molecule has 0 bridgehead atoms. The molecule has 0 saturated carbocycles. The van der Waals surface area contributed by atoms with Crippen LogP contribution in [0, 0.1) is 0 Å². The van der Waals surface area contributed by atoms with Crippen LogP contribution < -0.4 is 16.6 Å². The van der Waals surface area contributed by atoms with Crippen molar-refractivity contribution in [2.45, 2.75) is 6.92 Å². The number of nitrogens with two attached hydrogens (primary N) is 1. The summed E-state index contributed by atoms with van der Waals surface area (Å²) in [6.45, 7) is 1.66. The number of hydrogen-bond donors (Lipinski definition) is 3. The number of benzene rings is 1. The summed E-state index contributed by atoms with van der Waals surface area (Å²) >= 11 is 0. The number of aromatic hydroxyl groups is 1. The Balaban J connectivity index is 2.01. The van der Waals surface area contributed by atoms with Crippen LogP contribution >= 0.6 is 0 Å². The van der Waals surface area contributed by atoms with E-state index in [1.54, 1.807) is 56.4 Å². The molecule has 1 aromatic carbocycles. The SMILES string of the molecule is C/C(=C\C(=O)c1c(O)c2ccccc2n(C)c1=O)Nc1cccc(N)n1. The second-order valence-electron chi connectivity index (χ2n) is 5.87. The van der Waals surface area contributed by atoms with Gasteiger partial charge in [0, 0.05) is 24.2 Å². The number of aryl methyl sites for hydroxylation is 1. The summed E-state index contributed by atoms with van der Waals surface area (Å²) in [5, 5.41) is 13.8. The fraction of sp³-hybridized carbons (Fsp3) is 0.105. The van der Waals surface area contributed by atoms with Crippen LogP contribution in [-0.2, 0) is 7.05 Å². The summed E-state index contributed by atoms with van der Waals surface area (Å²) in [6.07, 6.45) is 1.25. The Labute approximate surface area is 149 Å². The highest BCUT2D eigenvalue weighted by Gasteiger charge is 2.19. The summed E-state index contributed by atoms with van der Waals surface area (Å²) < 4.78 is 1.35. The minimum Gasteiger partial charge on any atom is -0.506 e. The Kier molecular flexibility index (Phi) is 4.45. The first kappa shape index (κ1) is 17.2. The molecule has 7 heteroatoms. The maximum atomic E-state index is 12.6. The molecule has 0 unspecified atom stereocenters.